The third-order valence-corrected chi connectivity index (χ3v) is 9.38. The molecule has 2 saturated heterocycles. The molecule has 1 aromatic rings. The Labute approximate surface area is 245 Å². The highest BCUT2D eigenvalue weighted by Gasteiger charge is 2.40. The van der Waals surface area contributed by atoms with Gasteiger partial charge in [-0.3, -0.25) is 9.59 Å². The van der Waals surface area contributed by atoms with Crippen molar-refractivity contribution in [2.75, 3.05) is 40.3 Å². The Kier molecular flexibility index (Phi) is 10.7. The summed E-state index contributed by atoms with van der Waals surface area (Å²) in [7, 11) is 3.69. The Bertz CT molecular complexity index is 1000. The van der Waals surface area contributed by atoms with Crippen LogP contribution in [-0.4, -0.2) is 102 Å². The van der Waals surface area contributed by atoms with Crippen molar-refractivity contribution >= 4 is 29.4 Å². The van der Waals surface area contributed by atoms with Crippen LogP contribution in [0.25, 0.3) is 0 Å². The van der Waals surface area contributed by atoms with Gasteiger partial charge in [0, 0.05) is 70.3 Å². The molecule has 3 aliphatic rings. The molecule has 40 heavy (non-hydrogen) atoms. The quantitative estimate of drug-likeness (QED) is 0.524. The van der Waals surface area contributed by atoms with E-state index in [1.165, 1.54) is 19.3 Å². The predicted octanol–water partition coefficient (Wildman–Crippen LogP) is 4.40. The summed E-state index contributed by atoms with van der Waals surface area (Å²) in [6.45, 7) is 6.55. The minimum Gasteiger partial charge on any atom is -0.343 e. The molecule has 3 fully saturated rings. The monoisotopic (exact) mass is 573 g/mol. The fourth-order valence-corrected chi connectivity index (χ4v) is 6.97. The summed E-state index contributed by atoms with van der Waals surface area (Å²) < 4.78 is 0. The van der Waals surface area contributed by atoms with E-state index in [4.69, 9.17) is 11.6 Å². The van der Waals surface area contributed by atoms with Crippen molar-refractivity contribution in [3.63, 3.8) is 0 Å². The van der Waals surface area contributed by atoms with Crippen molar-refractivity contribution in [3.8, 4) is 0 Å². The molecule has 0 spiro atoms. The number of piperidine rings is 2. The number of rotatable bonds is 7. The number of carbonyl (C=O) groups is 3. The summed E-state index contributed by atoms with van der Waals surface area (Å²) >= 11 is 6.13. The molecule has 0 aromatic heterocycles. The predicted molar refractivity (Wildman–Crippen MR) is 159 cm³/mol. The lowest BCUT2D eigenvalue weighted by molar-refractivity contribution is -0.137. The number of nitrogens with one attached hydrogen (secondary N) is 1. The molecule has 1 aliphatic carbocycles. The van der Waals surface area contributed by atoms with Gasteiger partial charge in [0.25, 0.3) is 0 Å². The Balaban J connectivity index is 1.45. The summed E-state index contributed by atoms with van der Waals surface area (Å²) in [6.07, 6.45) is 8.81. The highest BCUT2D eigenvalue weighted by Crippen LogP contribution is 2.31. The van der Waals surface area contributed by atoms with Gasteiger partial charge in [-0.15, -0.1) is 0 Å². The van der Waals surface area contributed by atoms with Crippen LogP contribution in [0.2, 0.25) is 5.02 Å². The van der Waals surface area contributed by atoms with Crippen LogP contribution in [0.15, 0.2) is 24.3 Å². The zero-order valence-electron chi connectivity index (χ0n) is 24.8. The second kappa shape index (κ2) is 14.0. The molecule has 222 valence electrons. The smallest absolute Gasteiger partial charge is 0.319 e. The normalized spacial score (nSPS) is 23.5. The van der Waals surface area contributed by atoms with E-state index in [9.17, 15) is 14.4 Å². The second-order valence-corrected chi connectivity index (χ2v) is 12.8. The molecule has 9 heteroatoms. The van der Waals surface area contributed by atoms with Gasteiger partial charge in [0.1, 0.15) is 0 Å². The van der Waals surface area contributed by atoms with E-state index in [-0.39, 0.29) is 41.9 Å². The number of urea groups is 1. The third-order valence-electron chi connectivity index (χ3n) is 9.13. The molecule has 2 heterocycles. The first-order valence-electron chi connectivity index (χ1n) is 15.2. The van der Waals surface area contributed by atoms with Gasteiger partial charge in [-0.05, 0) is 62.1 Å². The highest BCUT2D eigenvalue weighted by atomic mass is 35.5. The summed E-state index contributed by atoms with van der Waals surface area (Å²) in [6, 6.07) is 8.10. The maximum Gasteiger partial charge on any atom is 0.319 e. The Morgan fingerprint density at radius 1 is 0.950 bits per heavy atom. The SMILES string of the molecule is CC(=O)N1CCC(N[C@H](Cc2ccc(Cl)cc2)C(=O)N2CCC(N(C(=O)N(C)C)C3CCCCC3)C(C)C2)CC1. The van der Waals surface area contributed by atoms with E-state index in [0.29, 0.717) is 43.7 Å². The van der Waals surface area contributed by atoms with Crippen molar-refractivity contribution < 1.29 is 14.4 Å². The fraction of sp³-hybridized carbons (Fsp3) is 0.710. The van der Waals surface area contributed by atoms with Gasteiger partial charge in [-0.1, -0.05) is 49.9 Å². The molecule has 1 saturated carbocycles. The maximum absolute atomic E-state index is 14.1. The third kappa shape index (κ3) is 7.69. The van der Waals surface area contributed by atoms with Gasteiger partial charge >= 0.3 is 6.03 Å². The molecule has 0 bridgehead atoms. The van der Waals surface area contributed by atoms with Crippen LogP contribution in [0.1, 0.15) is 70.8 Å². The Morgan fingerprint density at radius 2 is 1.57 bits per heavy atom. The van der Waals surface area contributed by atoms with E-state index in [1.54, 1.807) is 11.8 Å². The van der Waals surface area contributed by atoms with Gasteiger partial charge in [0.2, 0.25) is 11.8 Å². The van der Waals surface area contributed by atoms with E-state index in [1.807, 2.05) is 48.2 Å². The molecule has 1 N–H and O–H groups in total. The zero-order chi connectivity index (χ0) is 28.8. The van der Waals surface area contributed by atoms with Crippen LogP contribution in [0, 0.1) is 5.92 Å². The summed E-state index contributed by atoms with van der Waals surface area (Å²) in [5, 5.41) is 4.36. The number of benzene rings is 1. The first-order chi connectivity index (χ1) is 19.1. The zero-order valence-corrected chi connectivity index (χ0v) is 25.5. The first kappa shape index (κ1) is 30.6. The highest BCUT2D eigenvalue weighted by molar-refractivity contribution is 6.30. The largest absolute Gasteiger partial charge is 0.343 e. The van der Waals surface area contributed by atoms with Gasteiger partial charge in [-0.25, -0.2) is 4.79 Å². The number of hydrogen-bond acceptors (Lipinski definition) is 4. The molecule has 0 radical (unpaired) electrons. The number of hydrogen-bond donors (Lipinski definition) is 1. The van der Waals surface area contributed by atoms with Gasteiger partial charge in [0.05, 0.1) is 6.04 Å². The van der Waals surface area contributed by atoms with E-state index in [0.717, 1.165) is 37.7 Å². The number of halogens is 1. The lowest BCUT2D eigenvalue weighted by Crippen LogP contribution is -2.60. The van der Waals surface area contributed by atoms with Gasteiger partial charge in [-0.2, -0.15) is 0 Å². The van der Waals surface area contributed by atoms with Crippen molar-refractivity contribution in [3.05, 3.63) is 34.9 Å². The Morgan fingerprint density at radius 3 is 2.15 bits per heavy atom. The fourth-order valence-electron chi connectivity index (χ4n) is 6.85. The van der Waals surface area contributed by atoms with Crippen LogP contribution < -0.4 is 5.32 Å². The van der Waals surface area contributed by atoms with Crippen LogP contribution in [0.5, 0.6) is 0 Å². The second-order valence-electron chi connectivity index (χ2n) is 12.3. The van der Waals surface area contributed by atoms with E-state index in [2.05, 4.69) is 17.1 Å². The summed E-state index contributed by atoms with van der Waals surface area (Å²) in [4.78, 5) is 47.0. The average Bonchev–Trinajstić information content (AvgIpc) is 2.95. The molecular weight excluding hydrogens is 526 g/mol. The maximum atomic E-state index is 14.1. The number of amides is 4. The lowest BCUT2D eigenvalue weighted by atomic mass is 9.87. The molecule has 2 aliphatic heterocycles. The molecule has 4 amide bonds. The van der Waals surface area contributed by atoms with E-state index >= 15 is 0 Å². The summed E-state index contributed by atoms with van der Waals surface area (Å²) in [5.74, 6) is 0.426. The molecule has 1 aromatic carbocycles. The van der Waals surface area contributed by atoms with Crippen molar-refractivity contribution in [2.24, 2.45) is 5.92 Å². The van der Waals surface area contributed by atoms with Crippen molar-refractivity contribution in [2.45, 2.75) is 95.8 Å². The van der Waals surface area contributed by atoms with E-state index < -0.39 is 0 Å². The molecule has 4 rings (SSSR count). The Hall–Kier alpha value is -2.32. The molecular formula is C31H48ClN5O3. The van der Waals surface area contributed by atoms with Crippen LogP contribution in [-0.2, 0) is 16.0 Å². The number of carbonyl (C=O) groups excluding carboxylic acids is 3. The van der Waals surface area contributed by atoms with Crippen LogP contribution >= 0.6 is 11.6 Å². The molecule has 2 unspecified atom stereocenters. The minimum atomic E-state index is -0.350. The average molecular weight is 574 g/mol. The van der Waals surface area contributed by atoms with Gasteiger partial charge in [0.15, 0.2) is 0 Å². The number of nitrogens with zero attached hydrogens (tertiary/aromatic N) is 4. The summed E-state index contributed by atoms with van der Waals surface area (Å²) in [5.41, 5.74) is 1.07. The lowest BCUT2D eigenvalue weighted by Gasteiger charge is -2.48. The van der Waals surface area contributed by atoms with Crippen LogP contribution in [0.3, 0.4) is 0 Å². The minimum absolute atomic E-state index is 0.0997. The molecule has 3 atom stereocenters. The number of likely N-dealkylation sites (tertiary alicyclic amines) is 2. The first-order valence-corrected chi connectivity index (χ1v) is 15.6. The molecule has 8 nitrogen and oxygen atoms in total. The van der Waals surface area contributed by atoms with Crippen molar-refractivity contribution in [1.82, 2.24) is 24.9 Å². The standard InChI is InChI=1S/C31H48ClN5O3/c1-22-21-36(19-16-29(22)37(31(40)34(3)4)27-8-6-5-7-9-27)30(39)28(20-24-10-12-25(32)13-11-24)33-26-14-17-35(18-15-26)23(2)38/h10-13,22,26-29,33H,5-9,14-21H2,1-4H3/t22?,28-,29?/m1/s1. The van der Waals surface area contributed by atoms with Gasteiger partial charge < -0.3 is 24.9 Å². The topological polar surface area (TPSA) is 76.2 Å². The van der Waals surface area contributed by atoms with Crippen LogP contribution in [0.4, 0.5) is 4.79 Å². The van der Waals surface area contributed by atoms with Crippen molar-refractivity contribution in [1.29, 1.82) is 0 Å².